The van der Waals surface area contributed by atoms with Gasteiger partial charge in [0.2, 0.25) is 5.91 Å². The zero-order chi connectivity index (χ0) is 40.2. The van der Waals surface area contributed by atoms with Gasteiger partial charge in [-0.05, 0) is 120 Å². The predicted octanol–water partition coefficient (Wildman–Crippen LogP) is 4.53. The van der Waals surface area contributed by atoms with Gasteiger partial charge in [0.25, 0.3) is 17.0 Å². The van der Waals surface area contributed by atoms with Crippen molar-refractivity contribution in [3.05, 3.63) is 113 Å². The summed E-state index contributed by atoms with van der Waals surface area (Å²) in [6.45, 7) is 10.8. The van der Waals surface area contributed by atoms with Gasteiger partial charge >= 0.3 is 11.9 Å². The molecule has 1 unspecified atom stereocenters. The number of rotatable bonds is 15. The molecule has 2 aromatic heterocycles. The lowest BCUT2D eigenvalue weighted by Crippen LogP contribution is -2.46. The first-order valence-corrected chi connectivity index (χ1v) is 18.8. The summed E-state index contributed by atoms with van der Waals surface area (Å²) in [6, 6.07) is 16.4. The van der Waals surface area contributed by atoms with E-state index in [9.17, 15) is 28.8 Å². The second-order valence-corrected chi connectivity index (χ2v) is 15.7. The van der Waals surface area contributed by atoms with Crippen LogP contribution in [0.5, 0.6) is 5.75 Å². The lowest BCUT2D eigenvalue weighted by molar-refractivity contribution is -0.160. The zero-order valence-corrected chi connectivity index (χ0v) is 32.7. The number of ether oxygens (including phenoxy) is 3. The Morgan fingerprint density at radius 1 is 0.764 bits per heavy atom. The molecule has 0 saturated heterocycles. The Morgan fingerprint density at radius 3 is 1.89 bits per heavy atom. The van der Waals surface area contributed by atoms with Crippen molar-refractivity contribution in [1.82, 2.24) is 15.3 Å². The molecule has 0 saturated carbocycles. The number of anilines is 1. The molecule has 2 amide bonds. The number of H-pyrrole nitrogens is 2. The van der Waals surface area contributed by atoms with E-state index in [-0.39, 0.29) is 41.8 Å². The first kappa shape index (κ1) is 42.0. The van der Waals surface area contributed by atoms with E-state index in [2.05, 4.69) is 20.6 Å². The van der Waals surface area contributed by atoms with E-state index in [1.54, 1.807) is 114 Å². The number of aromatic amines is 2. The third-order valence-electron chi connectivity index (χ3n) is 7.55. The molecule has 1 atom stereocenters. The van der Waals surface area contributed by atoms with Gasteiger partial charge < -0.3 is 34.8 Å². The van der Waals surface area contributed by atoms with Gasteiger partial charge in [0, 0.05) is 18.5 Å². The summed E-state index contributed by atoms with van der Waals surface area (Å²) >= 11 is 1.34. The fourth-order valence-electron chi connectivity index (χ4n) is 5.07. The second-order valence-electron chi connectivity index (χ2n) is 14.7. The first-order chi connectivity index (χ1) is 25.9. The minimum atomic E-state index is -0.988. The standard InChI is InChI=1S/C41H48N4O9S/c1-40(2,3)53-35(47)21-20-30(39(51)54-41(4,5)6)43-34(46)11-7-8-22-52-29-18-14-27(15-19-29)25-32-37(49)44-31(36(48)45-32)24-26-12-16-28(17-13-26)42-38(50)33-10-9-23-55-33/h9-10,12-19,23-25,30H,7-8,11,20-22H2,1-6H3,(H,42,50)(H,43,46)(H,44,49)(H,45,48)/b31-24-,32-25-. The molecule has 0 bridgehead atoms. The largest absolute Gasteiger partial charge is 0.494 e. The first-order valence-electron chi connectivity index (χ1n) is 17.9. The smallest absolute Gasteiger partial charge is 0.329 e. The van der Waals surface area contributed by atoms with Crippen LogP contribution in [0, 0.1) is 0 Å². The molecule has 292 valence electrons. The highest BCUT2D eigenvalue weighted by Gasteiger charge is 2.28. The van der Waals surface area contributed by atoms with E-state index in [4.69, 9.17) is 14.2 Å². The number of carbonyl (C=O) groups excluding carboxylic acids is 4. The topological polar surface area (TPSA) is 186 Å². The summed E-state index contributed by atoms with van der Waals surface area (Å²) in [7, 11) is 0. The number of unbranched alkanes of at least 4 members (excludes halogenated alkanes) is 1. The van der Waals surface area contributed by atoms with Gasteiger partial charge in [0.1, 0.15) is 33.7 Å². The highest BCUT2D eigenvalue weighted by Crippen LogP contribution is 2.17. The Balaban J connectivity index is 1.26. The normalized spacial score (nSPS) is 12.8. The van der Waals surface area contributed by atoms with Crippen molar-refractivity contribution in [3.8, 4) is 5.75 Å². The monoisotopic (exact) mass is 772 g/mol. The summed E-state index contributed by atoms with van der Waals surface area (Å²) in [4.78, 5) is 81.4. The minimum Gasteiger partial charge on any atom is -0.494 e. The summed E-state index contributed by atoms with van der Waals surface area (Å²) in [5.74, 6) is -1.05. The summed E-state index contributed by atoms with van der Waals surface area (Å²) in [5.41, 5.74) is -0.459. The van der Waals surface area contributed by atoms with Gasteiger partial charge in [0.15, 0.2) is 0 Å². The quantitative estimate of drug-likeness (QED) is 0.0996. The van der Waals surface area contributed by atoms with Crippen molar-refractivity contribution in [2.24, 2.45) is 0 Å². The maximum atomic E-state index is 12.8. The summed E-state index contributed by atoms with van der Waals surface area (Å²) in [5, 5.41) is 7.51. The summed E-state index contributed by atoms with van der Waals surface area (Å²) in [6.07, 6.45) is 4.30. The summed E-state index contributed by atoms with van der Waals surface area (Å²) < 4.78 is 16.6. The van der Waals surface area contributed by atoms with Gasteiger partial charge in [-0.3, -0.25) is 24.0 Å². The molecular weight excluding hydrogens is 725 g/mol. The maximum absolute atomic E-state index is 12.8. The van der Waals surface area contributed by atoms with Crippen molar-refractivity contribution in [2.75, 3.05) is 11.9 Å². The van der Waals surface area contributed by atoms with Crippen LogP contribution in [0.15, 0.2) is 75.6 Å². The van der Waals surface area contributed by atoms with E-state index < -0.39 is 40.3 Å². The molecule has 0 radical (unpaired) electrons. The van der Waals surface area contributed by atoms with E-state index in [1.165, 1.54) is 11.3 Å². The molecule has 55 heavy (non-hydrogen) atoms. The van der Waals surface area contributed by atoms with Crippen LogP contribution in [-0.4, -0.2) is 57.6 Å². The van der Waals surface area contributed by atoms with Crippen molar-refractivity contribution < 1.29 is 33.4 Å². The fourth-order valence-corrected chi connectivity index (χ4v) is 5.69. The average molecular weight is 773 g/mol. The Hall–Kier alpha value is -5.76. The van der Waals surface area contributed by atoms with Crippen molar-refractivity contribution in [3.63, 3.8) is 0 Å². The highest BCUT2D eigenvalue weighted by molar-refractivity contribution is 7.12. The molecule has 4 rings (SSSR count). The van der Waals surface area contributed by atoms with Crippen molar-refractivity contribution in [2.45, 2.75) is 90.9 Å². The number of amides is 2. The van der Waals surface area contributed by atoms with E-state index >= 15 is 0 Å². The lowest BCUT2D eigenvalue weighted by Gasteiger charge is -2.25. The lowest BCUT2D eigenvalue weighted by atomic mass is 10.1. The number of benzene rings is 2. The van der Waals surface area contributed by atoms with Crippen molar-refractivity contribution in [1.29, 1.82) is 0 Å². The Bertz CT molecular complexity index is 2180. The second kappa shape index (κ2) is 19.0. The van der Waals surface area contributed by atoms with Crippen LogP contribution in [0.3, 0.4) is 0 Å². The number of carbonyl (C=O) groups is 4. The highest BCUT2D eigenvalue weighted by atomic mass is 32.1. The molecule has 0 spiro atoms. The van der Waals surface area contributed by atoms with Crippen LogP contribution in [-0.2, 0) is 23.9 Å². The van der Waals surface area contributed by atoms with Crippen LogP contribution in [0.2, 0.25) is 0 Å². The molecular formula is C41H48N4O9S. The van der Waals surface area contributed by atoms with Gasteiger partial charge in [0.05, 0.1) is 11.5 Å². The zero-order valence-electron chi connectivity index (χ0n) is 31.9. The van der Waals surface area contributed by atoms with Crippen LogP contribution < -0.4 is 37.2 Å². The SMILES string of the molecule is CC(C)(C)OC(=O)CCC(NC(=O)CCCCOc1ccc(/C=c2\[nH]c(=O)/c(=C/c3ccc(NC(=O)c4cccs4)cc3)[nH]c2=O)cc1)C(=O)OC(C)(C)C. The van der Waals surface area contributed by atoms with Crippen LogP contribution in [0.4, 0.5) is 5.69 Å². The van der Waals surface area contributed by atoms with E-state index in [0.29, 0.717) is 46.9 Å². The number of hydrogen-bond acceptors (Lipinski definition) is 10. The molecule has 4 N–H and O–H groups in total. The number of aromatic nitrogens is 2. The molecule has 4 aromatic rings. The van der Waals surface area contributed by atoms with Gasteiger partial charge in [-0.1, -0.05) is 30.3 Å². The molecule has 14 heteroatoms. The minimum absolute atomic E-state index is 0.0521. The predicted molar refractivity (Wildman–Crippen MR) is 211 cm³/mol. The van der Waals surface area contributed by atoms with Gasteiger partial charge in [-0.15, -0.1) is 11.3 Å². The van der Waals surface area contributed by atoms with Crippen LogP contribution >= 0.6 is 11.3 Å². The van der Waals surface area contributed by atoms with Crippen molar-refractivity contribution >= 4 is 52.9 Å². The molecule has 2 heterocycles. The molecule has 2 aromatic carbocycles. The van der Waals surface area contributed by atoms with Crippen LogP contribution in [0.25, 0.3) is 12.2 Å². The molecule has 0 fully saturated rings. The molecule has 0 aliphatic heterocycles. The van der Waals surface area contributed by atoms with E-state index in [0.717, 1.165) is 0 Å². The average Bonchev–Trinajstić information content (AvgIpc) is 3.64. The fraction of sp³-hybridized carbons (Fsp3) is 0.366. The molecule has 13 nitrogen and oxygen atoms in total. The third-order valence-corrected chi connectivity index (χ3v) is 8.42. The number of esters is 2. The number of thiophene rings is 1. The van der Waals surface area contributed by atoms with Gasteiger partial charge in [-0.2, -0.15) is 0 Å². The third kappa shape index (κ3) is 14.5. The Morgan fingerprint density at radius 2 is 1.35 bits per heavy atom. The Labute approximate surface area is 322 Å². The van der Waals surface area contributed by atoms with Gasteiger partial charge in [-0.25, -0.2) is 4.79 Å². The number of nitrogens with one attached hydrogen (secondary N) is 4. The molecule has 0 aliphatic carbocycles. The van der Waals surface area contributed by atoms with E-state index in [1.807, 2.05) is 5.38 Å². The maximum Gasteiger partial charge on any atom is 0.329 e. The van der Waals surface area contributed by atoms with Crippen LogP contribution in [0.1, 0.15) is 94.4 Å². The Kier molecular flexibility index (Phi) is 14.5. The number of hydrogen-bond donors (Lipinski definition) is 4. The molecule has 0 aliphatic rings.